The second kappa shape index (κ2) is 4.32. The summed E-state index contributed by atoms with van der Waals surface area (Å²) in [6.45, 7) is -0.119. The molecule has 5 N–H and O–H groups in total. The molecule has 1 atom stereocenters. The molecule has 3 nitrogen and oxygen atoms in total. The van der Waals surface area contributed by atoms with Crippen molar-refractivity contribution in [2.75, 3.05) is 6.54 Å². The fourth-order valence-corrected chi connectivity index (χ4v) is 1.22. The van der Waals surface area contributed by atoms with Crippen LogP contribution in [0.1, 0.15) is 17.2 Å². The van der Waals surface area contributed by atoms with Gasteiger partial charge in [-0.05, 0) is 11.6 Å². The molecular weight excluding hydrogens is 171 g/mol. The Kier molecular flexibility index (Phi) is 3.36. The van der Waals surface area contributed by atoms with E-state index in [9.17, 15) is 4.39 Å². The molecule has 0 fully saturated rings. The lowest BCUT2D eigenvalue weighted by molar-refractivity contribution is 0.273. The number of aliphatic hydroxyl groups excluding tert-OH is 1. The Morgan fingerprint density at radius 1 is 1.46 bits per heavy atom. The number of hydrogen-bond donors (Lipinski definition) is 3. The molecule has 0 spiro atoms. The van der Waals surface area contributed by atoms with Crippen molar-refractivity contribution in [3.8, 4) is 0 Å². The van der Waals surface area contributed by atoms with E-state index in [2.05, 4.69) is 0 Å². The fourth-order valence-electron chi connectivity index (χ4n) is 1.22. The maximum absolute atomic E-state index is 13.1. The average Bonchev–Trinajstić information content (AvgIpc) is 2.16. The zero-order chi connectivity index (χ0) is 9.84. The van der Waals surface area contributed by atoms with Crippen molar-refractivity contribution in [1.29, 1.82) is 0 Å². The molecule has 0 saturated heterocycles. The molecule has 1 aromatic carbocycles. The summed E-state index contributed by atoms with van der Waals surface area (Å²) in [4.78, 5) is 0. The molecule has 13 heavy (non-hydrogen) atoms. The van der Waals surface area contributed by atoms with E-state index in [0.717, 1.165) is 0 Å². The quantitative estimate of drug-likeness (QED) is 0.631. The van der Waals surface area contributed by atoms with E-state index in [4.69, 9.17) is 16.6 Å². The Hall–Kier alpha value is -0.970. The average molecular weight is 184 g/mol. The highest BCUT2D eigenvalue weighted by atomic mass is 19.1. The molecule has 0 unspecified atom stereocenters. The number of aliphatic hydroxyl groups is 1. The summed E-state index contributed by atoms with van der Waals surface area (Å²) < 4.78 is 13.1. The molecule has 0 heterocycles. The minimum Gasteiger partial charge on any atom is -0.392 e. The summed E-state index contributed by atoms with van der Waals surface area (Å²) >= 11 is 0. The van der Waals surface area contributed by atoms with Crippen molar-refractivity contribution in [1.82, 2.24) is 0 Å². The highest BCUT2D eigenvalue weighted by Crippen LogP contribution is 2.18. The number of rotatable bonds is 3. The van der Waals surface area contributed by atoms with Crippen LogP contribution in [0.5, 0.6) is 0 Å². The number of hydrogen-bond acceptors (Lipinski definition) is 3. The third-order valence-electron chi connectivity index (χ3n) is 1.97. The van der Waals surface area contributed by atoms with Gasteiger partial charge in [0.1, 0.15) is 5.82 Å². The van der Waals surface area contributed by atoms with Gasteiger partial charge < -0.3 is 16.6 Å². The molecule has 0 aliphatic rings. The topological polar surface area (TPSA) is 72.3 Å². The van der Waals surface area contributed by atoms with Gasteiger partial charge in [-0.2, -0.15) is 0 Å². The van der Waals surface area contributed by atoms with Gasteiger partial charge in [0.25, 0.3) is 0 Å². The largest absolute Gasteiger partial charge is 0.392 e. The summed E-state index contributed by atoms with van der Waals surface area (Å²) in [5, 5.41) is 8.91. The third-order valence-corrected chi connectivity index (χ3v) is 1.97. The van der Waals surface area contributed by atoms with E-state index in [1.54, 1.807) is 12.1 Å². The zero-order valence-corrected chi connectivity index (χ0v) is 7.20. The van der Waals surface area contributed by atoms with E-state index in [1.165, 1.54) is 6.07 Å². The Bertz CT molecular complexity index is 291. The minimum absolute atomic E-state index is 0.233. The van der Waals surface area contributed by atoms with Crippen molar-refractivity contribution in [2.24, 2.45) is 11.5 Å². The van der Waals surface area contributed by atoms with E-state index >= 15 is 0 Å². The van der Waals surface area contributed by atoms with E-state index in [0.29, 0.717) is 5.56 Å². The molecule has 0 aromatic heterocycles. The maximum atomic E-state index is 13.1. The van der Waals surface area contributed by atoms with Crippen LogP contribution in [-0.4, -0.2) is 11.7 Å². The van der Waals surface area contributed by atoms with Gasteiger partial charge in [-0.1, -0.05) is 12.1 Å². The van der Waals surface area contributed by atoms with Crippen molar-refractivity contribution in [3.05, 3.63) is 35.1 Å². The van der Waals surface area contributed by atoms with Gasteiger partial charge in [-0.25, -0.2) is 4.39 Å². The Labute approximate surface area is 76.2 Å². The van der Waals surface area contributed by atoms with Crippen molar-refractivity contribution >= 4 is 0 Å². The normalized spacial score (nSPS) is 12.9. The van der Waals surface area contributed by atoms with Gasteiger partial charge in [-0.3, -0.25) is 0 Å². The Morgan fingerprint density at radius 2 is 2.15 bits per heavy atom. The van der Waals surface area contributed by atoms with Gasteiger partial charge in [-0.15, -0.1) is 0 Å². The second-order valence-corrected chi connectivity index (χ2v) is 2.81. The van der Waals surface area contributed by atoms with Gasteiger partial charge in [0.05, 0.1) is 6.61 Å². The van der Waals surface area contributed by atoms with Crippen LogP contribution in [0, 0.1) is 5.82 Å². The zero-order valence-electron chi connectivity index (χ0n) is 7.20. The van der Waals surface area contributed by atoms with Crippen LogP contribution < -0.4 is 11.5 Å². The molecule has 0 aliphatic heterocycles. The van der Waals surface area contributed by atoms with E-state index in [-0.39, 0.29) is 18.7 Å². The van der Waals surface area contributed by atoms with Crippen molar-refractivity contribution in [2.45, 2.75) is 12.6 Å². The number of nitrogens with two attached hydrogens (primary N) is 2. The molecule has 72 valence electrons. The van der Waals surface area contributed by atoms with Crippen LogP contribution in [0.2, 0.25) is 0 Å². The molecule has 0 bridgehead atoms. The standard InChI is InChI=1S/C9H13FN2O/c10-8-3-1-2-6(7(8)5-13)9(12)4-11/h1-3,9,13H,4-5,11-12H2/t9-/m0/s1. The number of benzene rings is 1. The van der Waals surface area contributed by atoms with Crippen LogP contribution in [0.4, 0.5) is 4.39 Å². The fraction of sp³-hybridized carbons (Fsp3) is 0.333. The van der Waals surface area contributed by atoms with Gasteiger partial charge in [0, 0.05) is 18.2 Å². The van der Waals surface area contributed by atoms with Gasteiger partial charge in [0.15, 0.2) is 0 Å². The SMILES string of the molecule is NC[C@H](N)c1cccc(F)c1CO. The monoisotopic (exact) mass is 184 g/mol. The lowest BCUT2D eigenvalue weighted by atomic mass is 10.0. The van der Waals surface area contributed by atoms with Crippen LogP contribution in [-0.2, 0) is 6.61 Å². The molecule has 4 heteroatoms. The highest BCUT2D eigenvalue weighted by molar-refractivity contribution is 5.30. The summed E-state index contributed by atoms with van der Waals surface area (Å²) in [5.41, 5.74) is 11.8. The van der Waals surface area contributed by atoms with E-state index < -0.39 is 11.9 Å². The van der Waals surface area contributed by atoms with E-state index in [1.807, 2.05) is 0 Å². The highest BCUT2D eigenvalue weighted by Gasteiger charge is 2.11. The number of halogens is 1. The smallest absolute Gasteiger partial charge is 0.129 e. The van der Waals surface area contributed by atoms with Gasteiger partial charge >= 0.3 is 0 Å². The summed E-state index contributed by atoms with van der Waals surface area (Å²) in [5.74, 6) is -0.441. The lowest BCUT2D eigenvalue weighted by Gasteiger charge is -2.13. The summed E-state index contributed by atoms with van der Waals surface area (Å²) in [6.07, 6.45) is 0. The predicted molar refractivity (Wildman–Crippen MR) is 48.3 cm³/mol. The second-order valence-electron chi connectivity index (χ2n) is 2.81. The molecule has 1 rings (SSSR count). The molecule has 0 aliphatic carbocycles. The Morgan fingerprint density at radius 3 is 2.69 bits per heavy atom. The van der Waals surface area contributed by atoms with Crippen LogP contribution in [0.15, 0.2) is 18.2 Å². The predicted octanol–water partition coefficient (Wildman–Crippen LogP) is 0.277. The van der Waals surface area contributed by atoms with Crippen molar-refractivity contribution in [3.63, 3.8) is 0 Å². The first kappa shape index (κ1) is 10.1. The summed E-state index contributed by atoms with van der Waals surface area (Å²) in [6, 6.07) is 4.10. The van der Waals surface area contributed by atoms with Crippen LogP contribution in [0.25, 0.3) is 0 Å². The van der Waals surface area contributed by atoms with Crippen molar-refractivity contribution < 1.29 is 9.50 Å². The molecular formula is C9H13FN2O. The third kappa shape index (κ3) is 2.03. The maximum Gasteiger partial charge on any atom is 0.129 e. The molecule has 0 saturated carbocycles. The first-order valence-corrected chi connectivity index (χ1v) is 4.04. The molecule has 0 amide bonds. The summed E-state index contributed by atoms with van der Waals surface area (Å²) in [7, 11) is 0. The van der Waals surface area contributed by atoms with Gasteiger partial charge in [0.2, 0.25) is 0 Å². The molecule has 0 radical (unpaired) electrons. The van der Waals surface area contributed by atoms with Crippen LogP contribution >= 0.6 is 0 Å². The van der Waals surface area contributed by atoms with Crippen LogP contribution in [0.3, 0.4) is 0 Å². The Balaban J connectivity index is 3.12. The first-order chi connectivity index (χ1) is 6.20. The molecule has 1 aromatic rings. The first-order valence-electron chi connectivity index (χ1n) is 4.04. The minimum atomic E-state index is -0.441. The lowest BCUT2D eigenvalue weighted by Crippen LogP contribution is -2.22.